The van der Waals surface area contributed by atoms with Gasteiger partial charge in [0.05, 0.1) is 10.7 Å². The first-order valence-electron chi connectivity index (χ1n) is 9.25. The minimum absolute atomic E-state index is 0.0390. The molecule has 2 heterocycles. The molecule has 3 aromatic rings. The monoisotopic (exact) mass is 494 g/mol. The number of alkyl halides is 4. The highest BCUT2D eigenvalue weighted by Crippen LogP contribution is 2.47. The fourth-order valence-corrected chi connectivity index (χ4v) is 2.98. The van der Waals surface area contributed by atoms with E-state index in [4.69, 9.17) is 21.6 Å². The number of pyridine rings is 1. The molecule has 4 rings (SSSR count). The van der Waals surface area contributed by atoms with Crippen LogP contribution in [0, 0.1) is 11.3 Å². The van der Waals surface area contributed by atoms with Crippen LogP contribution in [0.15, 0.2) is 54.7 Å². The average molecular weight is 495 g/mol. The lowest BCUT2D eigenvalue weighted by molar-refractivity contribution is -0.391. The van der Waals surface area contributed by atoms with Gasteiger partial charge in [0.1, 0.15) is 23.3 Å². The number of anilines is 2. The second kappa shape index (κ2) is 8.60. The van der Waals surface area contributed by atoms with Gasteiger partial charge >= 0.3 is 18.2 Å². The van der Waals surface area contributed by atoms with Crippen molar-refractivity contribution in [1.82, 2.24) is 4.98 Å². The maximum atomic E-state index is 13.4. The Hall–Kier alpha value is -4.24. The summed E-state index contributed by atoms with van der Waals surface area (Å²) in [4.78, 5) is 16.1. The molecular weight excluding hydrogens is 484 g/mol. The van der Waals surface area contributed by atoms with E-state index in [0.717, 1.165) is 18.2 Å². The molecule has 0 bridgehead atoms. The second-order valence-corrected chi connectivity index (χ2v) is 7.12. The fraction of sp³-hybridized carbons (Fsp3) is 0.0952. The van der Waals surface area contributed by atoms with Crippen LogP contribution >= 0.6 is 11.6 Å². The summed E-state index contributed by atoms with van der Waals surface area (Å²) in [5.41, 5.74) is 0.306. The van der Waals surface area contributed by atoms with Gasteiger partial charge < -0.3 is 24.8 Å². The number of urea groups is 1. The molecule has 174 valence electrons. The quantitative estimate of drug-likeness (QED) is 0.431. The maximum absolute atomic E-state index is 13.4. The van der Waals surface area contributed by atoms with E-state index in [1.807, 2.05) is 6.07 Å². The molecule has 34 heavy (non-hydrogen) atoms. The van der Waals surface area contributed by atoms with Crippen LogP contribution in [0.5, 0.6) is 23.0 Å². The van der Waals surface area contributed by atoms with Crippen LogP contribution < -0.4 is 24.8 Å². The Morgan fingerprint density at radius 1 is 0.971 bits per heavy atom. The predicted molar refractivity (Wildman–Crippen MR) is 111 cm³/mol. The maximum Gasteiger partial charge on any atom is 0.507 e. The number of carbonyl (C=O) groups is 1. The number of hydrogen-bond donors (Lipinski definition) is 2. The topological polar surface area (TPSA) is 106 Å². The highest BCUT2D eigenvalue weighted by atomic mass is 35.5. The summed E-state index contributed by atoms with van der Waals surface area (Å²) in [6, 6.07) is 11.4. The van der Waals surface area contributed by atoms with Gasteiger partial charge in [0, 0.05) is 30.1 Å². The second-order valence-electron chi connectivity index (χ2n) is 6.71. The first-order chi connectivity index (χ1) is 16.1. The van der Waals surface area contributed by atoms with Crippen molar-refractivity contribution in [3.63, 3.8) is 0 Å². The molecule has 0 spiro atoms. The number of halogens is 5. The van der Waals surface area contributed by atoms with Crippen LogP contribution in [0.4, 0.5) is 33.7 Å². The third-order valence-electron chi connectivity index (χ3n) is 4.29. The van der Waals surface area contributed by atoms with Gasteiger partial charge in [0.25, 0.3) is 0 Å². The smallest absolute Gasteiger partial charge is 0.457 e. The molecule has 2 aromatic carbocycles. The Labute approximate surface area is 193 Å². The lowest BCUT2D eigenvalue weighted by Gasteiger charge is -2.31. The Kier molecular flexibility index (Phi) is 5.80. The van der Waals surface area contributed by atoms with Crippen molar-refractivity contribution in [2.45, 2.75) is 12.2 Å². The van der Waals surface area contributed by atoms with Crippen molar-refractivity contribution in [1.29, 1.82) is 5.26 Å². The molecule has 0 atom stereocenters. The number of hydrogen-bond acceptors (Lipinski definition) is 6. The van der Waals surface area contributed by atoms with Crippen molar-refractivity contribution < 1.29 is 36.6 Å². The van der Waals surface area contributed by atoms with Crippen LogP contribution in [-0.2, 0) is 0 Å². The molecule has 0 unspecified atom stereocenters. The molecule has 13 heteroatoms. The number of aromatic nitrogens is 1. The summed E-state index contributed by atoms with van der Waals surface area (Å²) in [5, 5.41) is 13.8. The number of nitrogens with one attached hydrogen (secondary N) is 2. The molecule has 0 radical (unpaired) electrons. The van der Waals surface area contributed by atoms with Crippen molar-refractivity contribution in [2.75, 3.05) is 10.6 Å². The minimum atomic E-state index is -4.88. The van der Waals surface area contributed by atoms with Gasteiger partial charge in [-0.05, 0) is 30.3 Å². The van der Waals surface area contributed by atoms with E-state index >= 15 is 0 Å². The molecular formula is C21H11ClF4N4O4. The van der Waals surface area contributed by atoms with Crippen LogP contribution in [-0.4, -0.2) is 23.2 Å². The number of nitrogens with zero attached hydrogens (tertiary/aromatic N) is 2. The van der Waals surface area contributed by atoms with E-state index < -0.39 is 29.7 Å². The van der Waals surface area contributed by atoms with Gasteiger partial charge in [-0.15, -0.1) is 0 Å². The number of amides is 2. The Morgan fingerprint density at radius 3 is 2.38 bits per heavy atom. The van der Waals surface area contributed by atoms with Gasteiger partial charge in [0.2, 0.25) is 0 Å². The SMILES string of the molecule is N#Cc1cc(Oc2ccc(NC(=O)Nc3ccc4c(c3)OC(F)(F)C(F)(F)O4)c(Cl)c2)ccn1. The van der Waals surface area contributed by atoms with Gasteiger partial charge in [0.15, 0.2) is 11.5 Å². The molecule has 0 saturated heterocycles. The summed E-state index contributed by atoms with van der Waals surface area (Å²) < 4.78 is 66.8. The van der Waals surface area contributed by atoms with Gasteiger partial charge in [-0.3, -0.25) is 0 Å². The first kappa shape index (κ1) is 22.9. The normalized spacial score (nSPS) is 15.1. The molecule has 1 aromatic heterocycles. The highest BCUT2D eigenvalue weighted by Gasteiger charge is 2.65. The van der Waals surface area contributed by atoms with Crippen molar-refractivity contribution in [2.24, 2.45) is 0 Å². The molecule has 2 amide bonds. The number of carbonyl (C=O) groups excluding carboxylic acids is 1. The standard InChI is InChI=1S/C21H11ClF4N4O4/c22-15-9-13(32-14-5-6-28-12(7-14)10-27)2-3-16(15)30-19(31)29-11-1-4-17-18(8-11)34-21(25,26)20(23,24)33-17/h1-9H,(H2,29,30,31). The van der Waals surface area contributed by atoms with Crippen LogP contribution in [0.2, 0.25) is 5.02 Å². The molecule has 1 aliphatic rings. The molecule has 0 saturated carbocycles. The third-order valence-corrected chi connectivity index (χ3v) is 4.60. The number of benzene rings is 2. The highest BCUT2D eigenvalue weighted by molar-refractivity contribution is 6.34. The summed E-state index contributed by atoms with van der Waals surface area (Å²) in [6.45, 7) is 0. The zero-order valence-corrected chi connectivity index (χ0v) is 17.4. The number of rotatable bonds is 4. The average Bonchev–Trinajstić information content (AvgIpc) is 2.76. The largest absolute Gasteiger partial charge is 0.507 e. The summed E-state index contributed by atoms with van der Waals surface area (Å²) >= 11 is 6.18. The minimum Gasteiger partial charge on any atom is -0.457 e. The number of nitriles is 1. The van der Waals surface area contributed by atoms with E-state index in [2.05, 4.69) is 25.1 Å². The summed E-state index contributed by atoms with van der Waals surface area (Å²) in [5.74, 6) is -0.626. The number of fused-ring (bicyclic) bond motifs is 1. The Bertz CT molecular complexity index is 1320. The lowest BCUT2D eigenvalue weighted by Crippen LogP contribution is -2.52. The van der Waals surface area contributed by atoms with E-state index in [1.54, 1.807) is 6.07 Å². The predicted octanol–water partition coefficient (Wildman–Crippen LogP) is 6.00. The van der Waals surface area contributed by atoms with E-state index in [9.17, 15) is 22.4 Å². The third kappa shape index (κ3) is 4.74. The summed E-state index contributed by atoms with van der Waals surface area (Å²) in [6.07, 6.45) is -8.32. The zero-order chi connectivity index (χ0) is 24.5. The van der Waals surface area contributed by atoms with Crippen LogP contribution in [0.3, 0.4) is 0 Å². The van der Waals surface area contributed by atoms with E-state index in [-0.39, 0.29) is 22.1 Å². The van der Waals surface area contributed by atoms with Crippen LogP contribution in [0.25, 0.3) is 0 Å². The van der Waals surface area contributed by atoms with E-state index in [0.29, 0.717) is 11.5 Å². The molecule has 8 nitrogen and oxygen atoms in total. The first-order valence-corrected chi connectivity index (χ1v) is 9.63. The molecule has 0 fully saturated rings. The Morgan fingerprint density at radius 2 is 1.68 bits per heavy atom. The van der Waals surface area contributed by atoms with Gasteiger partial charge in [-0.2, -0.15) is 22.8 Å². The van der Waals surface area contributed by atoms with Crippen molar-refractivity contribution in [3.05, 3.63) is 65.4 Å². The Balaban J connectivity index is 1.42. The molecule has 2 N–H and O–H groups in total. The zero-order valence-electron chi connectivity index (χ0n) is 16.6. The van der Waals surface area contributed by atoms with Crippen molar-refractivity contribution in [3.8, 4) is 29.1 Å². The summed E-state index contributed by atoms with van der Waals surface area (Å²) in [7, 11) is 0. The van der Waals surface area contributed by atoms with Crippen LogP contribution in [0.1, 0.15) is 5.69 Å². The van der Waals surface area contributed by atoms with Crippen molar-refractivity contribution >= 4 is 29.0 Å². The fourth-order valence-electron chi connectivity index (χ4n) is 2.76. The van der Waals surface area contributed by atoms with E-state index in [1.165, 1.54) is 30.5 Å². The van der Waals surface area contributed by atoms with Gasteiger partial charge in [-0.25, -0.2) is 9.78 Å². The lowest BCUT2D eigenvalue weighted by atomic mass is 10.2. The molecule has 0 aliphatic carbocycles. The van der Waals surface area contributed by atoms with Gasteiger partial charge in [-0.1, -0.05) is 11.6 Å². The molecule has 1 aliphatic heterocycles. The number of ether oxygens (including phenoxy) is 3.